The van der Waals surface area contributed by atoms with Crippen LogP contribution in [0.25, 0.3) is 0 Å². The number of hydrogen-bond donors (Lipinski definition) is 1. The number of halogens is 1. The lowest BCUT2D eigenvalue weighted by atomic mass is 9.78. The summed E-state index contributed by atoms with van der Waals surface area (Å²) in [7, 11) is 1.50. The first-order chi connectivity index (χ1) is 10.5. The lowest BCUT2D eigenvalue weighted by Gasteiger charge is -2.30. The number of ether oxygens (including phenoxy) is 1. The molecule has 2 aliphatic carbocycles. The smallest absolute Gasteiger partial charge is 0.228 e. The van der Waals surface area contributed by atoms with Gasteiger partial charge in [0.05, 0.1) is 12.8 Å². The highest BCUT2D eigenvalue weighted by Crippen LogP contribution is 2.52. The number of hydrogen-bond acceptors (Lipinski definition) is 4. The zero-order valence-electron chi connectivity index (χ0n) is 12.2. The van der Waals surface area contributed by atoms with Crippen LogP contribution in [0.15, 0.2) is 18.2 Å². The van der Waals surface area contributed by atoms with Crippen molar-refractivity contribution in [3.05, 3.63) is 23.2 Å². The van der Waals surface area contributed by atoms with E-state index in [1.165, 1.54) is 7.11 Å². The highest BCUT2D eigenvalue weighted by Gasteiger charge is 2.51. The molecule has 1 amide bonds. The van der Waals surface area contributed by atoms with Crippen molar-refractivity contribution < 1.29 is 19.4 Å². The molecule has 0 saturated heterocycles. The van der Waals surface area contributed by atoms with Crippen molar-refractivity contribution in [2.75, 3.05) is 12.4 Å². The van der Waals surface area contributed by atoms with Gasteiger partial charge in [-0.1, -0.05) is 11.6 Å². The zero-order valence-corrected chi connectivity index (χ0v) is 12.9. The quantitative estimate of drug-likeness (QED) is 0.915. The Kier molecular flexibility index (Phi) is 4.00. The molecule has 2 aliphatic rings. The maximum absolute atomic E-state index is 12.6. The van der Waals surface area contributed by atoms with Crippen molar-refractivity contribution in [2.24, 2.45) is 23.7 Å². The molecule has 118 valence electrons. The summed E-state index contributed by atoms with van der Waals surface area (Å²) in [5.74, 6) is -1.96. The van der Waals surface area contributed by atoms with Gasteiger partial charge in [0.25, 0.3) is 0 Å². The van der Waals surface area contributed by atoms with Gasteiger partial charge in [0.15, 0.2) is 0 Å². The SMILES string of the molecule is COc1ccc(Cl)cc1NC(=O)[C@@H]1[C@@H]2CC[C@@H](C2)[C@@H]1C(=O)[O-]. The van der Waals surface area contributed by atoms with E-state index in [4.69, 9.17) is 16.3 Å². The molecule has 0 heterocycles. The number of carbonyl (C=O) groups excluding carboxylic acids is 2. The Bertz CT molecular complexity index is 618. The second-order valence-electron chi connectivity index (χ2n) is 6.04. The van der Waals surface area contributed by atoms with Gasteiger partial charge < -0.3 is 20.0 Å². The van der Waals surface area contributed by atoms with E-state index in [9.17, 15) is 14.7 Å². The van der Waals surface area contributed by atoms with E-state index in [1.54, 1.807) is 18.2 Å². The van der Waals surface area contributed by atoms with Gasteiger partial charge in [-0.2, -0.15) is 0 Å². The van der Waals surface area contributed by atoms with Crippen LogP contribution in [0.3, 0.4) is 0 Å². The highest BCUT2D eigenvalue weighted by atomic mass is 35.5. The summed E-state index contributed by atoms with van der Waals surface area (Å²) in [5, 5.41) is 14.6. The summed E-state index contributed by atoms with van der Waals surface area (Å²) in [6, 6.07) is 4.92. The molecule has 22 heavy (non-hydrogen) atoms. The number of fused-ring (bicyclic) bond motifs is 2. The first-order valence-electron chi connectivity index (χ1n) is 7.36. The highest BCUT2D eigenvalue weighted by molar-refractivity contribution is 6.31. The average Bonchev–Trinajstić information content (AvgIpc) is 3.08. The van der Waals surface area contributed by atoms with Crippen molar-refractivity contribution in [2.45, 2.75) is 19.3 Å². The van der Waals surface area contributed by atoms with Crippen LogP contribution >= 0.6 is 11.6 Å². The molecule has 4 atom stereocenters. The molecular weight excluding hydrogens is 306 g/mol. The van der Waals surface area contributed by atoms with Crippen LogP contribution in [0.4, 0.5) is 5.69 Å². The molecule has 1 aromatic carbocycles. The fraction of sp³-hybridized carbons (Fsp3) is 0.500. The third kappa shape index (κ3) is 2.54. The van der Waals surface area contributed by atoms with Gasteiger partial charge in [0.1, 0.15) is 5.75 Å². The topological polar surface area (TPSA) is 78.5 Å². The number of rotatable bonds is 4. The lowest BCUT2D eigenvalue weighted by molar-refractivity contribution is -0.314. The van der Waals surface area contributed by atoms with Crippen LogP contribution in [0.2, 0.25) is 5.02 Å². The molecule has 1 N–H and O–H groups in total. The van der Waals surface area contributed by atoms with E-state index in [2.05, 4.69) is 5.32 Å². The Morgan fingerprint density at radius 3 is 2.59 bits per heavy atom. The third-order valence-corrected chi connectivity index (χ3v) is 5.15. The second kappa shape index (κ2) is 5.80. The fourth-order valence-electron chi connectivity index (χ4n) is 4.00. The predicted octanol–water partition coefficient (Wildman–Crippen LogP) is 1.70. The first kappa shape index (κ1) is 15.2. The number of methoxy groups -OCH3 is 1. The first-order valence-corrected chi connectivity index (χ1v) is 7.74. The monoisotopic (exact) mass is 322 g/mol. The molecular formula is C16H17ClNO4-. The van der Waals surface area contributed by atoms with Gasteiger partial charge in [-0.15, -0.1) is 0 Å². The number of aliphatic carboxylic acids is 1. The molecule has 5 nitrogen and oxygen atoms in total. The van der Waals surface area contributed by atoms with E-state index in [0.29, 0.717) is 16.5 Å². The van der Waals surface area contributed by atoms with Crippen LogP contribution in [-0.4, -0.2) is 19.0 Å². The van der Waals surface area contributed by atoms with Crippen LogP contribution in [0.5, 0.6) is 5.75 Å². The summed E-state index contributed by atoms with van der Waals surface area (Å²) in [4.78, 5) is 24.0. The van der Waals surface area contributed by atoms with Crippen molar-refractivity contribution in [1.29, 1.82) is 0 Å². The standard InChI is InChI=1S/C16H18ClNO4/c1-22-12-5-4-10(17)7-11(12)18-15(19)13-8-2-3-9(6-8)14(13)16(20)21/h4-5,7-9,13-14H,2-3,6H2,1H3,(H,18,19)(H,20,21)/p-1/t8-,9+,13-,14+/m1/s1. The number of carbonyl (C=O) groups is 2. The lowest BCUT2D eigenvalue weighted by Crippen LogP contribution is -2.44. The average molecular weight is 323 g/mol. The summed E-state index contributed by atoms with van der Waals surface area (Å²) >= 11 is 5.95. The normalized spacial score (nSPS) is 29.4. The van der Waals surface area contributed by atoms with Gasteiger partial charge in [-0.25, -0.2) is 0 Å². The van der Waals surface area contributed by atoms with Gasteiger partial charge in [0.2, 0.25) is 5.91 Å². The fourth-order valence-corrected chi connectivity index (χ4v) is 4.17. The molecule has 2 bridgehead atoms. The predicted molar refractivity (Wildman–Crippen MR) is 79.5 cm³/mol. The van der Waals surface area contributed by atoms with Crippen molar-refractivity contribution in [3.63, 3.8) is 0 Å². The van der Waals surface area contributed by atoms with E-state index in [-0.39, 0.29) is 17.7 Å². The van der Waals surface area contributed by atoms with Gasteiger partial charge >= 0.3 is 0 Å². The van der Waals surface area contributed by atoms with Gasteiger partial charge in [-0.3, -0.25) is 4.79 Å². The van der Waals surface area contributed by atoms with Crippen LogP contribution in [0, 0.1) is 23.7 Å². The number of nitrogens with one attached hydrogen (secondary N) is 1. The number of carboxylic acid groups (broad SMARTS) is 1. The molecule has 6 heteroatoms. The molecule has 2 fully saturated rings. The summed E-state index contributed by atoms with van der Waals surface area (Å²) in [6.45, 7) is 0. The molecule has 2 saturated carbocycles. The maximum atomic E-state index is 12.6. The Morgan fingerprint density at radius 2 is 1.95 bits per heavy atom. The third-order valence-electron chi connectivity index (χ3n) is 4.91. The van der Waals surface area contributed by atoms with Crippen LogP contribution < -0.4 is 15.2 Å². The van der Waals surface area contributed by atoms with Crippen molar-refractivity contribution in [1.82, 2.24) is 0 Å². The molecule has 1 aromatic rings. The van der Waals surface area contributed by atoms with Gasteiger partial charge in [-0.05, 0) is 49.3 Å². The second-order valence-corrected chi connectivity index (χ2v) is 6.47. The zero-order chi connectivity index (χ0) is 15.9. The maximum Gasteiger partial charge on any atom is 0.228 e. The van der Waals surface area contributed by atoms with Crippen LogP contribution in [0.1, 0.15) is 19.3 Å². The van der Waals surface area contributed by atoms with E-state index < -0.39 is 17.8 Å². The molecule has 0 spiro atoms. The van der Waals surface area contributed by atoms with Crippen molar-refractivity contribution in [3.8, 4) is 5.75 Å². The Labute approximate surface area is 133 Å². The number of carboxylic acids is 1. The van der Waals surface area contributed by atoms with E-state index in [0.717, 1.165) is 19.3 Å². The number of amides is 1. The molecule has 0 aromatic heterocycles. The number of benzene rings is 1. The summed E-state index contributed by atoms with van der Waals surface area (Å²) in [6.07, 6.45) is 2.57. The summed E-state index contributed by atoms with van der Waals surface area (Å²) in [5.41, 5.74) is 0.458. The minimum atomic E-state index is -1.12. The molecule has 0 aliphatic heterocycles. The molecule has 3 rings (SSSR count). The Morgan fingerprint density at radius 1 is 1.27 bits per heavy atom. The minimum absolute atomic E-state index is 0.0620. The minimum Gasteiger partial charge on any atom is -0.550 e. The van der Waals surface area contributed by atoms with E-state index in [1.807, 2.05) is 0 Å². The van der Waals surface area contributed by atoms with Crippen LogP contribution in [-0.2, 0) is 9.59 Å². The number of anilines is 1. The molecule has 0 unspecified atom stereocenters. The Hall–Kier alpha value is -1.75. The van der Waals surface area contributed by atoms with Gasteiger partial charge in [0, 0.05) is 22.8 Å². The Balaban J connectivity index is 1.82. The van der Waals surface area contributed by atoms with E-state index >= 15 is 0 Å². The molecule has 0 radical (unpaired) electrons. The van der Waals surface area contributed by atoms with Crippen molar-refractivity contribution >= 4 is 29.2 Å². The summed E-state index contributed by atoms with van der Waals surface area (Å²) < 4.78 is 5.20. The largest absolute Gasteiger partial charge is 0.550 e.